The Kier molecular flexibility index (Phi) is 6.83. The Labute approximate surface area is 184 Å². The van der Waals surface area contributed by atoms with Gasteiger partial charge in [0, 0.05) is 18.3 Å². The van der Waals surface area contributed by atoms with E-state index in [0.29, 0.717) is 19.4 Å². The summed E-state index contributed by atoms with van der Waals surface area (Å²) in [4.78, 5) is 12.2. The van der Waals surface area contributed by atoms with Crippen LogP contribution in [0.25, 0.3) is 0 Å². The number of fused-ring (bicyclic) bond motifs is 2. The normalized spacial score (nSPS) is 25.8. The standard InChI is InChI=1S/C24H25F3O5/c25-24(26,27)16-7-4-8-18(9-16)30-13-17(28)14-32-23-19-11-22(20(23)10-21(19)29)31-12-15-5-2-1-3-6-15/h1-9,17,19-20,22-23,28H,10-14H2. The van der Waals surface area contributed by atoms with Crippen LogP contribution in [-0.4, -0.2) is 42.4 Å². The van der Waals surface area contributed by atoms with Gasteiger partial charge in [-0.15, -0.1) is 0 Å². The quantitative estimate of drug-likeness (QED) is 0.625. The zero-order valence-corrected chi connectivity index (χ0v) is 17.3. The smallest absolute Gasteiger partial charge is 0.416 e. The molecule has 0 radical (unpaired) electrons. The highest BCUT2D eigenvalue weighted by Crippen LogP contribution is 2.46. The number of benzene rings is 2. The van der Waals surface area contributed by atoms with Crippen LogP contribution in [-0.2, 0) is 27.1 Å². The Morgan fingerprint density at radius 1 is 1.03 bits per heavy atom. The molecular formula is C24H25F3O5. The highest BCUT2D eigenvalue weighted by Gasteiger charge is 2.54. The molecule has 2 aliphatic carbocycles. The molecule has 5 unspecified atom stereocenters. The third-order valence-corrected chi connectivity index (χ3v) is 6.02. The second-order valence-corrected chi connectivity index (χ2v) is 8.30. The van der Waals surface area contributed by atoms with Gasteiger partial charge in [-0.3, -0.25) is 4.79 Å². The zero-order valence-electron chi connectivity index (χ0n) is 17.3. The number of rotatable bonds is 9. The summed E-state index contributed by atoms with van der Waals surface area (Å²) in [5, 5.41) is 10.2. The summed E-state index contributed by atoms with van der Waals surface area (Å²) < 4.78 is 55.6. The molecule has 2 saturated carbocycles. The van der Waals surface area contributed by atoms with E-state index in [-0.39, 0.29) is 48.8 Å². The number of hydrogen-bond acceptors (Lipinski definition) is 5. The van der Waals surface area contributed by atoms with Gasteiger partial charge in [-0.1, -0.05) is 36.4 Å². The Balaban J connectivity index is 1.25. The van der Waals surface area contributed by atoms with Crippen molar-refractivity contribution in [2.45, 2.75) is 43.9 Å². The Morgan fingerprint density at radius 3 is 2.56 bits per heavy atom. The number of ether oxygens (including phenoxy) is 3. The summed E-state index contributed by atoms with van der Waals surface area (Å²) in [5.74, 6) is -0.149. The van der Waals surface area contributed by atoms with Crippen LogP contribution in [0.5, 0.6) is 5.75 Å². The second kappa shape index (κ2) is 9.60. The third-order valence-electron chi connectivity index (χ3n) is 6.02. The number of ketones is 1. The molecule has 5 atom stereocenters. The summed E-state index contributed by atoms with van der Waals surface area (Å²) in [6.45, 7) is 0.170. The van der Waals surface area contributed by atoms with Gasteiger partial charge in [-0.2, -0.15) is 13.2 Å². The highest BCUT2D eigenvalue weighted by atomic mass is 19.4. The number of halogens is 3. The molecule has 8 heteroatoms. The molecule has 0 heterocycles. The van der Waals surface area contributed by atoms with Gasteiger partial charge >= 0.3 is 6.18 Å². The number of carbonyl (C=O) groups is 1. The van der Waals surface area contributed by atoms with Crippen molar-refractivity contribution in [3.05, 3.63) is 65.7 Å². The minimum Gasteiger partial charge on any atom is -0.491 e. The lowest BCUT2D eigenvalue weighted by Gasteiger charge is -2.23. The van der Waals surface area contributed by atoms with Gasteiger partial charge in [-0.05, 0) is 30.2 Å². The van der Waals surface area contributed by atoms with Crippen LogP contribution >= 0.6 is 0 Å². The predicted octanol–water partition coefficient (Wildman–Crippen LogP) is 4.02. The molecule has 5 nitrogen and oxygen atoms in total. The Bertz CT molecular complexity index is 917. The molecule has 2 aromatic rings. The van der Waals surface area contributed by atoms with E-state index in [1.54, 1.807) is 0 Å². The van der Waals surface area contributed by atoms with E-state index < -0.39 is 17.8 Å². The largest absolute Gasteiger partial charge is 0.491 e. The first kappa shape index (κ1) is 22.8. The molecule has 172 valence electrons. The summed E-state index contributed by atoms with van der Waals surface area (Å²) >= 11 is 0. The number of Topliss-reactive ketones (excluding diaryl/α,β-unsaturated/α-hetero) is 1. The van der Waals surface area contributed by atoms with Crippen molar-refractivity contribution in [1.82, 2.24) is 0 Å². The molecule has 2 aromatic carbocycles. The fraction of sp³-hybridized carbons (Fsp3) is 0.458. The lowest BCUT2D eigenvalue weighted by molar-refractivity contribution is -0.137. The SMILES string of the molecule is O=C1CC2C(OCc3ccccc3)CC1C2OCC(O)COc1cccc(C(F)(F)F)c1. The summed E-state index contributed by atoms with van der Waals surface area (Å²) in [5.41, 5.74) is 0.240. The maximum Gasteiger partial charge on any atom is 0.416 e. The lowest BCUT2D eigenvalue weighted by atomic mass is 9.96. The molecule has 0 amide bonds. The van der Waals surface area contributed by atoms with Crippen LogP contribution in [0.15, 0.2) is 54.6 Å². The lowest BCUT2D eigenvalue weighted by Crippen LogP contribution is -2.30. The molecule has 4 rings (SSSR count). The number of aliphatic hydroxyl groups excluding tert-OH is 1. The van der Waals surface area contributed by atoms with Crippen molar-refractivity contribution >= 4 is 5.78 Å². The number of hydrogen-bond donors (Lipinski definition) is 1. The summed E-state index contributed by atoms with van der Waals surface area (Å²) in [6.07, 6.45) is -4.92. The molecule has 32 heavy (non-hydrogen) atoms. The molecule has 0 aromatic heterocycles. The van der Waals surface area contributed by atoms with Crippen molar-refractivity contribution in [3.8, 4) is 5.75 Å². The fourth-order valence-electron chi connectivity index (χ4n) is 4.45. The van der Waals surface area contributed by atoms with E-state index in [9.17, 15) is 23.1 Å². The van der Waals surface area contributed by atoms with Gasteiger partial charge in [0.1, 0.15) is 24.2 Å². The van der Waals surface area contributed by atoms with E-state index in [2.05, 4.69) is 0 Å². The molecule has 2 fully saturated rings. The van der Waals surface area contributed by atoms with Crippen molar-refractivity contribution < 1.29 is 37.3 Å². The minimum atomic E-state index is -4.46. The molecule has 0 aliphatic heterocycles. The zero-order chi connectivity index (χ0) is 22.7. The number of alkyl halides is 3. The van der Waals surface area contributed by atoms with Gasteiger partial charge in [0.25, 0.3) is 0 Å². The van der Waals surface area contributed by atoms with E-state index in [1.807, 2.05) is 30.3 Å². The highest BCUT2D eigenvalue weighted by molar-refractivity contribution is 5.85. The van der Waals surface area contributed by atoms with Gasteiger partial charge in [0.15, 0.2) is 0 Å². The van der Waals surface area contributed by atoms with Gasteiger partial charge in [0.05, 0.1) is 31.0 Å². The topological polar surface area (TPSA) is 65.0 Å². The summed E-state index contributed by atoms with van der Waals surface area (Å²) in [6, 6.07) is 14.3. The number of carbonyl (C=O) groups excluding carboxylic acids is 1. The van der Waals surface area contributed by atoms with E-state index in [0.717, 1.165) is 17.7 Å². The average Bonchev–Trinajstić information content (AvgIpc) is 3.27. The third kappa shape index (κ3) is 5.31. The number of aliphatic hydroxyl groups is 1. The Morgan fingerprint density at radius 2 is 1.81 bits per heavy atom. The molecule has 0 saturated heterocycles. The average molecular weight is 450 g/mol. The molecule has 0 spiro atoms. The molecular weight excluding hydrogens is 425 g/mol. The maximum absolute atomic E-state index is 12.8. The first-order valence-corrected chi connectivity index (χ1v) is 10.6. The summed E-state index contributed by atoms with van der Waals surface area (Å²) in [7, 11) is 0. The monoisotopic (exact) mass is 450 g/mol. The Hall–Kier alpha value is -2.42. The van der Waals surface area contributed by atoms with Crippen LogP contribution in [0, 0.1) is 11.8 Å². The van der Waals surface area contributed by atoms with Crippen LogP contribution in [0.4, 0.5) is 13.2 Å². The van der Waals surface area contributed by atoms with E-state index in [1.165, 1.54) is 12.1 Å². The van der Waals surface area contributed by atoms with Gasteiger partial charge < -0.3 is 19.3 Å². The van der Waals surface area contributed by atoms with Crippen LogP contribution in [0.3, 0.4) is 0 Å². The second-order valence-electron chi connectivity index (χ2n) is 8.30. The van der Waals surface area contributed by atoms with E-state index in [4.69, 9.17) is 14.2 Å². The van der Waals surface area contributed by atoms with E-state index >= 15 is 0 Å². The van der Waals surface area contributed by atoms with Gasteiger partial charge in [-0.25, -0.2) is 0 Å². The van der Waals surface area contributed by atoms with Crippen molar-refractivity contribution in [2.75, 3.05) is 13.2 Å². The first-order chi connectivity index (χ1) is 15.3. The van der Waals surface area contributed by atoms with Crippen molar-refractivity contribution in [1.29, 1.82) is 0 Å². The minimum absolute atomic E-state index is 0.0179. The van der Waals surface area contributed by atoms with Crippen LogP contribution in [0.1, 0.15) is 24.0 Å². The fourth-order valence-corrected chi connectivity index (χ4v) is 4.45. The maximum atomic E-state index is 12.8. The first-order valence-electron chi connectivity index (χ1n) is 10.6. The van der Waals surface area contributed by atoms with Crippen molar-refractivity contribution in [3.63, 3.8) is 0 Å². The molecule has 2 aliphatic rings. The van der Waals surface area contributed by atoms with Crippen molar-refractivity contribution in [2.24, 2.45) is 11.8 Å². The predicted molar refractivity (Wildman–Crippen MR) is 109 cm³/mol. The molecule has 1 N–H and O–H groups in total. The van der Waals surface area contributed by atoms with Crippen LogP contribution in [0.2, 0.25) is 0 Å². The molecule has 2 bridgehead atoms. The van der Waals surface area contributed by atoms with Gasteiger partial charge in [0.2, 0.25) is 0 Å². The van der Waals surface area contributed by atoms with Crippen LogP contribution < -0.4 is 4.74 Å².